The molecular weight excluding hydrogens is 165 g/mol. The molecule has 2 N–H and O–H groups in total. The van der Waals surface area contributed by atoms with Crippen molar-refractivity contribution in [3.05, 3.63) is 0 Å². The fourth-order valence-electron chi connectivity index (χ4n) is 1.16. The van der Waals surface area contributed by atoms with Crippen molar-refractivity contribution in [2.45, 2.75) is 18.6 Å². The van der Waals surface area contributed by atoms with Crippen LogP contribution in [-0.4, -0.2) is 30.7 Å². The molecule has 11 heavy (non-hydrogen) atoms. The third-order valence-corrected chi connectivity index (χ3v) is 2.04. The normalized spacial score (nSPS) is 35.2. The first-order valence-corrected chi connectivity index (χ1v) is 3.72. The van der Waals surface area contributed by atoms with E-state index in [1.165, 1.54) is 0 Å². The SMILES string of the molecule is CNC1CC(F)C(=NS)C1=N. The molecule has 1 rings (SSSR count). The zero-order valence-electron chi connectivity index (χ0n) is 6.13. The second-order valence-corrected chi connectivity index (χ2v) is 2.64. The lowest BCUT2D eigenvalue weighted by Gasteiger charge is -2.04. The van der Waals surface area contributed by atoms with Crippen LogP contribution in [-0.2, 0) is 0 Å². The topological polar surface area (TPSA) is 48.2 Å². The Morgan fingerprint density at radius 2 is 2.45 bits per heavy atom. The maximum absolute atomic E-state index is 12.9. The van der Waals surface area contributed by atoms with Gasteiger partial charge < -0.3 is 10.7 Å². The fourth-order valence-corrected chi connectivity index (χ4v) is 1.40. The Bertz CT molecular complexity index is 204. The smallest absolute Gasteiger partial charge is 0.146 e. The predicted molar refractivity (Wildman–Crippen MR) is 46.5 cm³/mol. The summed E-state index contributed by atoms with van der Waals surface area (Å²) in [6.45, 7) is 0. The summed E-state index contributed by atoms with van der Waals surface area (Å²) in [5.74, 6) is 0. The first-order chi connectivity index (χ1) is 5.20. The maximum Gasteiger partial charge on any atom is 0.146 e. The summed E-state index contributed by atoms with van der Waals surface area (Å²) in [6, 6.07) is -0.198. The molecule has 0 bridgehead atoms. The van der Waals surface area contributed by atoms with Crippen LogP contribution in [0.4, 0.5) is 4.39 Å². The highest BCUT2D eigenvalue weighted by Crippen LogP contribution is 2.17. The number of hydrogen-bond acceptors (Lipinski definition) is 4. The number of thiol groups is 1. The second-order valence-electron chi connectivity index (χ2n) is 2.44. The molecule has 5 heteroatoms. The number of nitrogens with one attached hydrogen (secondary N) is 2. The van der Waals surface area contributed by atoms with E-state index in [0.717, 1.165) is 0 Å². The van der Waals surface area contributed by atoms with Gasteiger partial charge in [-0.25, -0.2) is 8.79 Å². The van der Waals surface area contributed by atoms with Crippen LogP contribution < -0.4 is 5.32 Å². The van der Waals surface area contributed by atoms with Crippen molar-refractivity contribution in [3.8, 4) is 0 Å². The van der Waals surface area contributed by atoms with Gasteiger partial charge >= 0.3 is 0 Å². The summed E-state index contributed by atoms with van der Waals surface area (Å²) < 4.78 is 16.3. The van der Waals surface area contributed by atoms with Gasteiger partial charge in [-0.2, -0.15) is 0 Å². The Balaban J connectivity index is 2.79. The van der Waals surface area contributed by atoms with Crippen LogP contribution in [0, 0.1) is 5.41 Å². The van der Waals surface area contributed by atoms with Gasteiger partial charge in [0.2, 0.25) is 0 Å². The van der Waals surface area contributed by atoms with E-state index < -0.39 is 6.17 Å². The standard InChI is InChI=1S/C6H10FN3S/c1-9-4-2-3(7)6(10-11)5(4)8/h3-4,8-9,11H,2H2,1H3. The Morgan fingerprint density at radius 1 is 1.82 bits per heavy atom. The number of rotatable bonds is 1. The molecule has 0 aromatic heterocycles. The number of hydrogen-bond donors (Lipinski definition) is 3. The summed E-state index contributed by atoms with van der Waals surface area (Å²) >= 11 is 3.59. The minimum Gasteiger partial charge on any atom is -0.312 e. The van der Waals surface area contributed by atoms with E-state index in [4.69, 9.17) is 5.41 Å². The summed E-state index contributed by atoms with van der Waals surface area (Å²) in [5, 5.41) is 10.2. The van der Waals surface area contributed by atoms with Gasteiger partial charge in [0.05, 0.1) is 11.8 Å². The molecule has 0 aliphatic heterocycles. The minimum absolute atomic E-state index is 0.160. The molecule has 3 nitrogen and oxygen atoms in total. The number of halogens is 1. The van der Waals surface area contributed by atoms with Crippen LogP contribution in [0.25, 0.3) is 0 Å². The van der Waals surface area contributed by atoms with Gasteiger partial charge in [0, 0.05) is 6.42 Å². The van der Waals surface area contributed by atoms with Crippen molar-refractivity contribution < 1.29 is 4.39 Å². The van der Waals surface area contributed by atoms with Gasteiger partial charge in [0.15, 0.2) is 0 Å². The summed E-state index contributed by atoms with van der Waals surface area (Å²) in [5.41, 5.74) is 0.377. The molecule has 0 amide bonds. The van der Waals surface area contributed by atoms with Crippen LogP contribution in [0.3, 0.4) is 0 Å². The molecule has 1 aliphatic carbocycles. The van der Waals surface area contributed by atoms with Crippen molar-refractivity contribution in [1.29, 1.82) is 5.41 Å². The molecule has 0 radical (unpaired) electrons. The van der Waals surface area contributed by atoms with Gasteiger partial charge in [-0.3, -0.25) is 0 Å². The molecule has 0 saturated heterocycles. The molecular formula is C6H10FN3S. The monoisotopic (exact) mass is 175 g/mol. The Kier molecular flexibility index (Phi) is 2.62. The molecule has 1 fully saturated rings. The van der Waals surface area contributed by atoms with E-state index >= 15 is 0 Å². The average Bonchev–Trinajstić information content (AvgIpc) is 2.26. The fraction of sp³-hybridized carbons (Fsp3) is 0.667. The van der Waals surface area contributed by atoms with Crippen molar-refractivity contribution in [1.82, 2.24) is 5.32 Å². The lowest BCUT2D eigenvalue weighted by molar-refractivity contribution is 0.400. The van der Waals surface area contributed by atoms with E-state index in [1.807, 2.05) is 0 Å². The van der Waals surface area contributed by atoms with Crippen LogP contribution in [0.5, 0.6) is 0 Å². The van der Waals surface area contributed by atoms with Gasteiger partial charge in [-0.1, -0.05) is 0 Å². The van der Waals surface area contributed by atoms with E-state index in [9.17, 15) is 4.39 Å². The zero-order chi connectivity index (χ0) is 8.43. The van der Waals surface area contributed by atoms with E-state index in [-0.39, 0.29) is 17.5 Å². The summed E-state index contributed by atoms with van der Waals surface area (Å²) in [4.78, 5) is 0. The Labute approximate surface area is 70.1 Å². The number of nitrogens with zero attached hydrogens (tertiary/aromatic N) is 1. The lowest BCUT2D eigenvalue weighted by atomic mass is 10.2. The van der Waals surface area contributed by atoms with Crippen LogP contribution in [0.2, 0.25) is 0 Å². The maximum atomic E-state index is 12.9. The molecule has 2 unspecified atom stereocenters. The van der Waals surface area contributed by atoms with Crippen molar-refractivity contribution >= 4 is 24.2 Å². The second kappa shape index (κ2) is 3.32. The largest absolute Gasteiger partial charge is 0.312 e. The molecule has 1 saturated carbocycles. The van der Waals surface area contributed by atoms with Crippen LogP contribution in [0.1, 0.15) is 6.42 Å². The quantitative estimate of drug-likeness (QED) is 0.503. The van der Waals surface area contributed by atoms with Crippen molar-refractivity contribution in [2.24, 2.45) is 4.40 Å². The Hall–Kier alpha value is -0.420. The zero-order valence-corrected chi connectivity index (χ0v) is 7.03. The molecule has 2 atom stereocenters. The predicted octanol–water partition coefficient (Wildman–Crippen LogP) is 0.622. The van der Waals surface area contributed by atoms with Crippen molar-refractivity contribution in [2.75, 3.05) is 7.05 Å². The molecule has 0 aromatic carbocycles. The molecule has 0 spiro atoms. The first kappa shape index (κ1) is 8.67. The summed E-state index contributed by atoms with van der Waals surface area (Å²) in [6.07, 6.45) is -0.827. The van der Waals surface area contributed by atoms with E-state index in [1.54, 1.807) is 7.05 Å². The third kappa shape index (κ3) is 1.44. The third-order valence-electron chi connectivity index (χ3n) is 1.82. The van der Waals surface area contributed by atoms with Crippen LogP contribution >= 0.6 is 12.8 Å². The highest BCUT2D eigenvalue weighted by molar-refractivity contribution is 7.79. The van der Waals surface area contributed by atoms with Crippen LogP contribution in [0.15, 0.2) is 4.40 Å². The van der Waals surface area contributed by atoms with Crippen molar-refractivity contribution in [3.63, 3.8) is 0 Å². The number of alkyl halides is 1. The minimum atomic E-state index is -1.13. The first-order valence-electron chi connectivity index (χ1n) is 3.32. The molecule has 62 valence electrons. The van der Waals surface area contributed by atoms with Gasteiger partial charge in [-0.05, 0) is 19.9 Å². The van der Waals surface area contributed by atoms with Gasteiger partial charge in [0.25, 0.3) is 0 Å². The summed E-state index contributed by atoms with van der Waals surface area (Å²) in [7, 11) is 1.70. The highest BCUT2D eigenvalue weighted by atomic mass is 32.1. The molecule has 0 heterocycles. The van der Waals surface area contributed by atoms with Gasteiger partial charge in [0.1, 0.15) is 11.9 Å². The molecule has 1 aliphatic rings. The average molecular weight is 175 g/mol. The highest BCUT2D eigenvalue weighted by Gasteiger charge is 2.34. The Morgan fingerprint density at radius 3 is 2.73 bits per heavy atom. The van der Waals surface area contributed by atoms with Gasteiger partial charge in [-0.15, -0.1) is 0 Å². The molecule has 0 aromatic rings. The lowest BCUT2D eigenvalue weighted by Crippen LogP contribution is -2.30. The van der Waals surface area contributed by atoms with E-state index in [0.29, 0.717) is 6.42 Å². The van der Waals surface area contributed by atoms with E-state index in [2.05, 4.69) is 22.5 Å².